The molecule has 1 N–H and O–H groups in total. The number of aromatic nitrogens is 6. The molecule has 0 saturated carbocycles. The molecule has 0 aliphatic carbocycles. The van der Waals surface area contributed by atoms with Crippen molar-refractivity contribution in [2.75, 3.05) is 18.0 Å². The maximum atomic E-state index is 16.2. The van der Waals surface area contributed by atoms with Gasteiger partial charge in [0.25, 0.3) is 0 Å². The van der Waals surface area contributed by atoms with Crippen LogP contribution in [0.25, 0.3) is 39.0 Å². The summed E-state index contributed by atoms with van der Waals surface area (Å²) in [6.07, 6.45) is 4.57. The fourth-order valence-electron chi connectivity index (χ4n) is 6.00. The van der Waals surface area contributed by atoms with E-state index in [1.165, 1.54) is 16.7 Å². The Morgan fingerprint density at radius 1 is 1.14 bits per heavy atom. The smallest absolute Gasteiger partial charge is 0.349 e. The van der Waals surface area contributed by atoms with E-state index in [1.54, 1.807) is 29.6 Å². The number of H-pyrrole nitrogens is 1. The number of rotatable bonds is 5. The number of para-hydroxylation sites is 1. The second-order valence-corrected chi connectivity index (χ2v) is 11.4. The average Bonchev–Trinajstić information content (AvgIpc) is 3.47. The van der Waals surface area contributed by atoms with Crippen molar-refractivity contribution in [3.05, 3.63) is 83.1 Å². The van der Waals surface area contributed by atoms with E-state index in [0.717, 1.165) is 11.1 Å². The summed E-state index contributed by atoms with van der Waals surface area (Å²) >= 11 is 0. The van der Waals surface area contributed by atoms with Crippen molar-refractivity contribution < 1.29 is 9.18 Å². The topological polar surface area (TPSA) is 113 Å². The van der Waals surface area contributed by atoms with Crippen molar-refractivity contribution in [1.29, 1.82) is 0 Å². The van der Waals surface area contributed by atoms with Crippen LogP contribution in [0.5, 0.6) is 0 Å². The largest absolute Gasteiger partial charge is 0.355 e. The van der Waals surface area contributed by atoms with Crippen molar-refractivity contribution in [1.82, 2.24) is 34.4 Å². The summed E-state index contributed by atoms with van der Waals surface area (Å²) in [5, 5.41) is 0.385. The summed E-state index contributed by atoms with van der Waals surface area (Å²) < 4.78 is 17.6. The van der Waals surface area contributed by atoms with Crippen LogP contribution in [0.15, 0.2) is 60.3 Å². The number of halogens is 1. The minimum atomic E-state index is -0.565. The van der Waals surface area contributed by atoms with Crippen molar-refractivity contribution in [3.63, 3.8) is 0 Å². The number of piperazine rings is 1. The Morgan fingerprint density at radius 2 is 1.91 bits per heavy atom. The molecule has 1 aromatic carbocycles. The van der Waals surface area contributed by atoms with Crippen LogP contribution in [0.1, 0.15) is 52.3 Å². The molecule has 1 amide bonds. The van der Waals surface area contributed by atoms with Gasteiger partial charge in [0, 0.05) is 36.9 Å². The van der Waals surface area contributed by atoms with Crippen molar-refractivity contribution in [2.45, 2.75) is 60.0 Å². The van der Waals surface area contributed by atoms with Gasteiger partial charge in [0.15, 0.2) is 5.65 Å². The lowest BCUT2D eigenvalue weighted by molar-refractivity contribution is -0.128. The number of carbonyl (C=O) groups excluding carboxylic acids is 1. The number of hydrogen-bond donors (Lipinski definition) is 1. The highest BCUT2D eigenvalue weighted by Gasteiger charge is 2.34. The molecule has 0 radical (unpaired) electrons. The van der Waals surface area contributed by atoms with Crippen molar-refractivity contribution >= 4 is 33.8 Å². The molecule has 1 aliphatic rings. The standard InChI is InChI=1S/C32H33FN8O2.CH4/c1-7-25(42)39-14-20(6)40(15-19(39)5)30-22-13-23(33)27(21-9-8-10-24-28(21)36-16-35-24)37-31(22)41(32(43)38-30)29-18(4)11-12-34-26(29)17(2)3;/h7-13,16-17,19-20H,1,14-15H2,2-6H3,(H,35,36);1H4/t19-,20+;/m1./s1. The lowest BCUT2D eigenvalue weighted by Gasteiger charge is -2.44. The van der Waals surface area contributed by atoms with E-state index < -0.39 is 11.5 Å². The summed E-state index contributed by atoms with van der Waals surface area (Å²) in [5.41, 5.74) is 3.71. The number of imidazole rings is 1. The molecule has 11 heteroatoms. The monoisotopic (exact) mass is 596 g/mol. The molecular weight excluding hydrogens is 559 g/mol. The number of pyridine rings is 2. The number of aromatic amines is 1. The van der Waals surface area contributed by atoms with E-state index in [4.69, 9.17) is 4.98 Å². The molecular formula is C33H37FN8O2. The van der Waals surface area contributed by atoms with Crippen LogP contribution < -0.4 is 10.6 Å². The Kier molecular flexibility index (Phi) is 8.07. The van der Waals surface area contributed by atoms with E-state index >= 15 is 4.39 Å². The van der Waals surface area contributed by atoms with Crippen molar-refractivity contribution in [3.8, 4) is 16.9 Å². The molecule has 228 valence electrons. The number of carbonyl (C=O) groups is 1. The number of fused-ring (bicyclic) bond motifs is 2. The van der Waals surface area contributed by atoms with Gasteiger partial charge in [-0.05, 0) is 56.5 Å². The highest BCUT2D eigenvalue weighted by Crippen LogP contribution is 2.35. The van der Waals surface area contributed by atoms with Crippen LogP contribution in [0, 0.1) is 12.7 Å². The van der Waals surface area contributed by atoms with Gasteiger partial charge in [-0.25, -0.2) is 23.7 Å². The maximum absolute atomic E-state index is 16.2. The molecule has 1 fully saturated rings. The normalized spacial score (nSPS) is 16.9. The van der Waals surface area contributed by atoms with Crippen LogP contribution >= 0.6 is 0 Å². The first-order chi connectivity index (χ1) is 20.6. The van der Waals surface area contributed by atoms with Gasteiger partial charge >= 0.3 is 5.69 Å². The van der Waals surface area contributed by atoms with Crippen molar-refractivity contribution in [2.24, 2.45) is 0 Å². The third-order valence-electron chi connectivity index (χ3n) is 8.15. The Bertz CT molecular complexity index is 1960. The third kappa shape index (κ3) is 4.91. The molecule has 1 saturated heterocycles. The molecule has 0 unspecified atom stereocenters. The number of aryl methyl sites for hydroxylation is 1. The van der Waals surface area contributed by atoms with Crippen LogP contribution in [-0.4, -0.2) is 65.5 Å². The highest BCUT2D eigenvalue weighted by atomic mass is 19.1. The Balaban J connectivity index is 0.00000384. The quantitative estimate of drug-likeness (QED) is 0.265. The predicted octanol–water partition coefficient (Wildman–Crippen LogP) is 5.54. The molecule has 10 nitrogen and oxygen atoms in total. The molecule has 5 heterocycles. The zero-order chi connectivity index (χ0) is 30.6. The minimum absolute atomic E-state index is 0. The molecule has 1 aliphatic heterocycles. The van der Waals surface area contributed by atoms with Crippen LogP contribution in [0.2, 0.25) is 0 Å². The number of anilines is 1. The number of amides is 1. The number of nitrogens with one attached hydrogen (secondary N) is 1. The highest BCUT2D eigenvalue weighted by molar-refractivity contribution is 5.95. The molecule has 44 heavy (non-hydrogen) atoms. The van der Waals surface area contributed by atoms with E-state index in [9.17, 15) is 9.59 Å². The molecule has 4 aromatic heterocycles. The van der Waals surface area contributed by atoms with Gasteiger partial charge in [0.2, 0.25) is 5.91 Å². The molecule has 0 spiro atoms. The molecule has 5 aromatic rings. The number of benzene rings is 1. The molecule has 0 bridgehead atoms. The number of hydrogen-bond acceptors (Lipinski definition) is 7. The second-order valence-electron chi connectivity index (χ2n) is 11.4. The molecule has 2 atom stereocenters. The van der Waals surface area contributed by atoms with Gasteiger partial charge in [-0.1, -0.05) is 40.0 Å². The van der Waals surface area contributed by atoms with E-state index in [0.29, 0.717) is 46.8 Å². The van der Waals surface area contributed by atoms with E-state index in [2.05, 4.69) is 26.5 Å². The SMILES string of the molecule is C.C=CC(=O)N1C[C@H](C)N(c2nc(=O)n(-c3c(C)ccnc3C(C)C)c3nc(-c4cccc5[nH]cnc45)c(F)cc23)C[C@H]1C. The Labute approximate surface area is 255 Å². The molecule has 6 rings (SSSR count). The maximum Gasteiger partial charge on any atom is 0.355 e. The minimum Gasteiger partial charge on any atom is -0.349 e. The van der Waals surface area contributed by atoms with Crippen LogP contribution in [0.4, 0.5) is 10.2 Å². The van der Waals surface area contributed by atoms with Crippen LogP contribution in [-0.2, 0) is 4.79 Å². The zero-order valence-electron chi connectivity index (χ0n) is 24.8. The second kappa shape index (κ2) is 11.6. The predicted molar refractivity (Wildman–Crippen MR) is 172 cm³/mol. The van der Waals surface area contributed by atoms with Gasteiger partial charge < -0.3 is 14.8 Å². The Hall–Kier alpha value is -4.93. The first-order valence-electron chi connectivity index (χ1n) is 14.3. The summed E-state index contributed by atoms with van der Waals surface area (Å²) in [7, 11) is 0. The average molecular weight is 597 g/mol. The third-order valence-corrected chi connectivity index (χ3v) is 8.15. The fourth-order valence-corrected chi connectivity index (χ4v) is 6.00. The van der Waals surface area contributed by atoms with Gasteiger partial charge in [0.05, 0.1) is 34.1 Å². The van der Waals surface area contributed by atoms with E-state index in [-0.39, 0.29) is 42.7 Å². The zero-order valence-corrected chi connectivity index (χ0v) is 24.8. The lowest BCUT2D eigenvalue weighted by atomic mass is 10.0. The first-order valence-corrected chi connectivity index (χ1v) is 14.3. The first kappa shape index (κ1) is 30.5. The fraction of sp³-hybridized carbons (Fsp3) is 0.333. The number of nitrogens with zero attached hydrogens (tertiary/aromatic N) is 7. The van der Waals surface area contributed by atoms with E-state index in [1.807, 2.05) is 51.7 Å². The van der Waals surface area contributed by atoms with Crippen LogP contribution in [0.3, 0.4) is 0 Å². The van der Waals surface area contributed by atoms with Gasteiger partial charge in [-0.15, -0.1) is 0 Å². The van der Waals surface area contributed by atoms with Gasteiger partial charge in [-0.2, -0.15) is 4.98 Å². The van der Waals surface area contributed by atoms with Gasteiger partial charge in [-0.3, -0.25) is 9.78 Å². The summed E-state index contributed by atoms with van der Waals surface area (Å²) in [5.74, 6) is -0.412. The Morgan fingerprint density at radius 3 is 2.64 bits per heavy atom. The summed E-state index contributed by atoms with van der Waals surface area (Å²) in [6.45, 7) is 14.2. The summed E-state index contributed by atoms with van der Waals surface area (Å²) in [6, 6.07) is 8.26. The lowest BCUT2D eigenvalue weighted by Crippen LogP contribution is -2.58. The summed E-state index contributed by atoms with van der Waals surface area (Å²) in [4.78, 5) is 51.8. The van der Waals surface area contributed by atoms with Gasteiger partial charge in [0.1, 0.15) is 17.3 Å².